The van der Waals surface area contributed by atoms with Crippen molar-refractivity contribution in [3.8, 4) is 5.75 Å². The Labute approximate surface area is 136 Å². The minimum Gasteiger partial charge on any atom is -0.496 e. The van der Waals surface area contributed by atoms with Crippen molar-refractivity contribution in [2.24, 2.45) is 5.84 Å². The Hall–Kier alpha value is -0.360. The molecule has 21 heavy (non-hydrogen) atoms. The van der Waals surface area contributed by atoms with E-state index in [-0.39, 0.29) is 6.04 Å². The Bertz CT molecular complexity index is 482. The van der Waals surface area contributed by atoms with Crippen LogP contribution in [0.3, 0.4) is 0 Å². The summed E-state index contributed by atoms with van der Waals surface area (Å²) in [6.45, 7) is 6.50. The van der Waals surface area contributed by atoms with Crippen LogP contribution in [0.1, 0.15) is 36.1 Å². The van der Waals surface area contributed by atoms with Crippen molar-refractivity contribution >= 4 is 23.5 Å². The first kappa shape index (κ1) is 17.0. The molecule has 3 N–H and O–H groups in total. The molecule has 0 radical (unpaired) electrons. The predicted octanol–water partition coefficient (Wildman–Crippen LogP) is 3.44. The summed E-state index contributed by atoms with van der Waals surface area (Å²) in [6.07, 6.45) is 1.17. The molecule has 3 atom stereocenters. The summed E-state index contributed by atoms with van der Waals surface area (Å²) in [5, 5.41) is 1.12. The number of methoxy groups -OCH3 is 1. The molecule has 1 aliphatic rings. The second-order valence-electron chi connectivity index (χ2n) is 5.43. The maximum atomic E-state index is 5.94. The third-order valence-corrected chi connectivity index (χ3v) is 7.60. The molecule has 2 rings (SSSR count). The van der Waals surface area contributed by atoms with Gasteiger partial charge in [-0.2, -0.15) is 23.5 Å². The van der Waals surface area contributed by atoms with Gasteiger partial charge in [0.2, 0.25) is 0 Å². The molecule has 5 heteroatoms. The molecule has 0 aliphatic carbocycles. The monoisotopic (exact) mass is 326 g/mol. The normalized spacial score (nSPS) is 23.9. The summed E-state index contributed by atoms with van der Waals surface area (Å²) in [5.74, 6) is 9.34. The highest BCUT2D eigenvalue weighted by molar-refractivity contribution is 8.07. The average Bonchev–Trinajstić information content (AvgIpc) is 2.52. The number of hydrazine groups is 1. The zero-order valence-electron chi connectivity index (χ0n) is 13.3. The van der Waals surface area contributed by atoms with Gasteiger partial charge in [-0.25, -0.2) is 0 Å². The zero-order chi connectivity index (χ0) is 15.4. The van der Waals surface area contributed by atoms with Crippen LogP contribution in [0.25, 0.3) is 0 Å². The van der Waals surface area contributed by atoms with Crippen molar-refractivity contribution in [3.05, 3.63) is 28.8 Å². The van der Waals surface area contributed by atoms with Crippen molar-refractivity contribution in [2.45, 2.75) is 43.7 Å². The lowest BCUT2D eigenvalue weighted by Crippen LogP contribution is -2.42. The van der Waals surface area contributed by atoms with Crippen LogP contribution in [0, 0.1) is 13.8 Å². The fourth-order valence-electron chi connectivity index (χ4n) is 2.94. The summed E-state index contributed by atoms with van der Waals surface area (Å²) >= 11 is 4.11. The molecule has 0 spiro atoms. The van der Waals surface area contributed by atoms with Gasteiger partial charge in [0.25, 0.3) is 0 Å². The Morgan fingerprint density at radius 1 is 1.33 bits per heavy atom. The summed E-state index contributed by atoms with van der Waals surface area (Å²) in [4.78, 5) is 0. The van der Waals surface area contributed by atoms with Gasteiger partial charge >= 0.3 is 0 Å². The lowest BCUT2D eigenvalue weighted by atomic mass is 9.95. The van der Waals surface area contributed by atoms with E-state index in [0.29, 0.717) is 10.5 Å². The van der Waals surface area contributed by atoms with E-state index in [0.717, 1.165) is 5.75 Å². The van der Waals surface area contributed by atoms with Gasteiger partial charge in [-0.05, 0) is 31.4 Å². The van der Waals surface area contributed by atoms with Crippen LogP contribution >= 0.6 is 23.5 Å². The molecule has 1 fully saturated rings. The third-order valence-electron chi connectivity index (χ3n) is 4.25. The minimum atomic E-state index is 0.127. The van der Waals surface area contributed by atoms with Crippen LogP contribution in [0.5, 0.6) is 5.75 Å². The van der Waals surface area contributed by atoms with Crippen molar-refractivity contribution < 1.29 is 4.74 Å². The van der Waals surface area contributed by atoms with Gasteiger partial charge < -0.3 is 4.74 Å². The number of hydrogen-bond donors (Lipinski definition) is 2. The first-order valence-electron chi connectivity index (χ1n) is 7.47. The second-order valence-corrected chi connectivity index (χ2v) is 8.06. The molecule has 0 amide bonds. The fraction of sp³-hybridized carbons (Fsp3) is 0.625. The Morgan fingerprint density at radius 3 is 2.67 bits per heavy atom. The summed E-state index contributed by atoms with van der Waals surface area (Å²) < 4.78 is 5.69. The Kier molecular flexibility index (Phi) is 6.29. The smallest absolute Gasteiger partial charge is 0.126 e. The predicted molar refractivity (Wildman–Crippen MR) is 95.3 cm³/mol. The molecule has 0 saturated carbocycles. The number of thioether (sulfide) groups is 2. The molecule has 1 aromatic rings. The molecule has 3 unspecified atom stereocenters. The maximum Gasteiger partial charge on any atom is 0.126 e. The molecule has 1 saturated heterocycles. The maximum absolute atomic E-state index is 5.94. The minimum absolute atomic E-state index is 0.127. The van der Waals surface area contributed by atoms with Gasteiger partial charge in [-0.3, -0.25) is 11.3 Å². The summed E-state index contributed by atoms with van der Waals surface area (Å²) in [6, 6.07) is 4.46. The van der Waals surface area contributed by atoms with Gasteiger partial charge in [0.05, 0.1) is 13.2 Å². The van der Waals surface area contributed by atoms with E-state index in [1.54, 1.807) is 7.11 Å². The second kappa shape index (κ2) is 7.77. The highest BCUT2D eigenvalue weighted by Gasteiger charge is 2.34. The number of rotatable bonds is 5. The molecule has 1 aromatic carbocycles. The van der Waals surface area contributed by atoms with E-state index in [1.165, 1.54) is 34.6 Å². The molecular weight excluding hydrogens is 300 g/mol. The average molecular weight is 327 g/mol. The van der Waals surface area contributed by atoms with Gasteiger partial charge in [-0.15, -0.1) is 0 Å². The van der Waals surface area contributed by atoms with Crippen LogP contribution in [0.2, 0.25) is 0 Å². The largest absolute Gasteiger partial charge is 0.496 e. The lowest BCUT2D eigenvalue weighted by Gasteiger charge is -2.36. The SMILES string of the molecule is CCC1SCCSC1C(NN)c1ccc(C)c(C)c1OC. The van der Waals surface area contributed by atoms with Crippen molar-refractivity contribution in [3.63, 3.8) is 0 Å². The molecule has 3 nitrogen and oxygen atoms in total. The van der Waals surface area contributed by atoms with E-state index in [9.17, 15) is 0 Å². The fourth-order valence-corrected chi connectivity index (χ4v) is 6.16. The molecule has 1 aliphatic heterocycles. The molecular formula is C16H26N2OS2. The molecule has 118 valence electrons. The quantitative estimate of drug-likeness (QED) is 0.641. The van der Waals surface area contributed by atoms with E-state index in [1.807, 2.05) is 11.8 Å². The Balaban J connectivity index is 2.39. The molecule has 0 aromatic heterocycles. The number of aryl methyl sites for hydroxylation is 1. The van der Waals surface area contributed by atoms with Crippen LogP contribution < -0.4 is 16.0 Å². The number of nitrogens with two attached hydrogens (primary N) is 1. The van der Waals surface area contributed by atoms with Crippen molar-refractivity contribution in [1.29, 1.82) is 0 Å². The van der Waals surface area contributed by atoms with Crippen molar-refractivity contribution in [1.82, 2.24) is 5.43 Å². The highest BCUT2D eigenvalue weighted by Crippen LogP contribution is 2.43. The Morgan fingerprint density at radius 2 is 2.05 bits per heavy atom. The standard InChI is InChI=1S/C16H26N2OS2/c1-5-13-16(21-9-8-20-13)14(18-17)12-7-6-10(2)11(3)15(12)19-4/h6-7,13-14,16,18H,5,8-9,17H2,1-4H3. The number of nitrogens with one attached hydrogen (secondary N) is 1. The first-order valence-corrected chi connectivity index (χ1v) is 9.57. The molecule has 1 heterocycles. The lowest BCUT2D eigenvalue weighted by molar-refractivity contribution is 0.393. The van der Waals surface area contributed by atoms with Gasteiger partial charge in [-0.1, -0.05) is 19.1 Å². The van der Waals surface area contributed by atoms with Gasteiger partial charge in [0.1, 0.15) is 5.75 Å². The molecule has 0 bridgehead atoms. The van der Waals surface area contributed by atoms with E-state index in [4.69, 9.17) is 10.6 Å². The van der Waals surface area contributed by atoms with Crippen LogP contribution in [-0.4, -0.2) is 29.1 Å². The van der Waals surface area contributed by atoms with Crippen molar-refractivity contribution in [2.75, 3.05) is 18.6 Å². The first-order chi connectivity index (χ1) is 10.1. The summed E-state index contributed by atoms with van der Waals surface area (Å²) in [5.41, 5.74) is 6.70. The van der Waals surface area contributed by atoms with Crippen LogP contribution in [0.15, 0.2) is 12.1 Å². The topological polar surface area (TPSA) is 47.3 Å². The van der Waals surface area contributed by atoms with E-state index >= 15 is 0 Å². The number of benzene rings is 1. The summed E-state index contributed by atoms with van der Waals surface area (Å²) in [7, 11) is 1.75. The zero-order valence-corrected chi connectivity index (χ0v) is 14.9. The van der Waals surface area contributed by atoms with Crippen LogP contribution in [-0.2, 0) is 0 Å². The highest BCUT2D eigenvalue weighted by atomic mass is 32.2. The van der Waals surface area contributed by atoms with Crippen LogP contribution in [0.4, 0.5) is 0 Å². The third kappa shape index (κ3) is 3.52. The van der Waals surface area contributed by atoms with E-state index < -0.39 is 0 Å². The van der Waals surface area contributed by atoms with Gasteiger partial charge in [0, 0.05) is 27.6 Å². The van der Waals surface area contributed by atoms with E-state index in [2.05, 4.69) is 50.1 Å². The number of ether oxygens (including phenoxy) is 1. The number of hydrogen-bond acceptors (Lipinski definition) is 5. The van der Waals surface area contributed by atoms with Gasteiger partial charge in [0.15, 0.2) is 0 Å².